The second-order valence-corrected chi connectivity index (χ2v) is 4.19. The Morgan fingerprint density at radius 1 is 1.53 bits per heavy atom. The molecule has 2 aromatic rings. The van der Waals surface area contributed by atoms with E-state index in [-0.39, 0.29) is 11.9 Å². The minimum Gasteiger partial charge on any atom is -0.378 e. The van der Waals surface area contributed by atoms with Crippen LogP contribution in [0.4, 0.5) is 5.69 Å². The molecule has 6 heteroatoms. The average molecular weight is 259 g/mol. The minimum atomic E-state index is -0.165. The fourth-order valence-electron chi connectivity index (χ4n) is 1.73. The van der Waals surface area contributed by atoms with Crippen LogP contribution in [0.15, 0.2) is 30.7 Å². The number of amides is 1. The van der Waals surface area contributed by atoms with Crippen LogP contribution in [0.1, 0.15) is 35.9 Å². The van der Waals surface area contributed by atoms with Gasteiger partial charge in [-0.05, 0) is 26.0 Å². The standard InChI is InChI=1S/C13H17N5O/c1-3-14-13(19)12-6-11(4-5-15-12)18-9(2)10-7-16-17-8-10/h4-9H,3H2,1-2H3,(H,14,19)(H,15,18)(H,16,17). The predicted molar refractivity (Wildman–Crippen MR) is 72.9 cm³/mol. The predicted octanol–water partition coefficient (Wildman–Crippen LogP) is 1.73. The molecule has 0 aliphatic rings. The summed E-state index contributed by atoms with van der Waals surface area (Å²) in [7, 11) is 0. The van der Waals surface area contributed by atoms with Gasteiger partial charge in [-0.15, -0.1) is 0 Å². The number of carbonyl (C=O) groups is 1. The topological polar surface area (TPSA) is 82.7 Å². The number of anilines is 1. The van der Waals surface area contributed by atoms with Gasteiger partial charge >= 0.3 is 0 Å². The molecule has 2 rings (SSSR count). The highest BCUT2D eigenvalue weighted by Crippen LogP contribution is 2.18. The van der Waals surface area contributed by atoms with Crippen molar-refractivity contribution in [2.24, 2.45) is 0 Å². The van der Waals surface area contributed by atoms with Crippen molar-refractivity contribution in [2.75, 3.05) is 11.9 Å². The smallest absolute Gasteiger partial charge is 0.269 e. The highest BCUT2D eigenvalue weighted by atomic mass is 16.1. The van der Waals surface area contributed by atoms with Gasteiger partial charge in [0.15, 0.2) is 0 Å². The molecule has 2 heterocycles. The van der Waals surface area contributed by atoms with Crippen molar-refractivity contribution in [2.45, 2.75) is 19.9 Å². The summed E-state index contributed by atoms with van der Waals surface area (Å²) in [5.74, 6) is -0.165. The van der Waals surface area contributed by atoms with E-state index in [2.05, 4.69) is 25.8 Å². The van der Waals surface area contributed by atoms with Crippen LogP contribution in [0.3, 0.4) is 0 Å². The maximum absolute atomic E-state index is 11.7. The molecule has 0 bridgehead atoms. The first-order chi connectivity index (χ1) is 9.20. The summed E-state index contributed by atoms with van der Waals surface area (Å²) in [5, 5.41) is 12.7. The highest BCUT2D eigenvalue weighted by Gasteiger charge is 2.09. The van der Waals surface area contributed by atoms with Crippen LogP contribution in [-0.4, -0.2) is 27.6 Å². The van der Waals surface area contributed by atoms with Gasteiger partial charge in [0, 0.05) is 30.2 Å². The number of carbonyl (C=O) groups excluding carboxylic acids is 1. The third kappa shape index (κ3) is 3.31. The second-order valence-electron chi connectivity index (χ2n) is 4.19. The summed E-state index contributed by atoms with van der Waals surface area (Å²) in [6, 6.07) is 3.67. The first-order valence-corrected chi connectivity index (χ1v) is 6.20. The molecule has 2 aromatic heterocycles. The Hall–Kier alpha value is -2.37. The van der Waals surface area contributed by atoms with Gasteiger partial charge in [0.25, 0.3) is 5.91 Å². The molecular weight excluding hydrogens is 242 g/mol. The molecule has 0 aromatic carbocycles. The summed E-state index contributed by atoms with van der Waals surface area (Å²) in [4.78, 5) is 15.8. The van der Waals surface area contributed by atoms with Gasteiger partial charge in [-0.3, -0.25) is 14.9 Å². The van der Waals surface area contributed by atoms with E-state index in [1.807, 2.05) is 26.1 Å². The zero-order chi connectivity index (χ0) is 13.7. The molecule has 3 N–H and O–H groups in total. The van der Waals surface area contributed by atoms with Gasteiger partial charge < -0.3 is 10.6 Å². The third-order valence-electron chi connectivity index (χ3n) is 2.73. The molecule has 0 radical (unpaired) electrons. The van der Waals surface area contributed by atoms with Crippen LogP contribution in [-0.2, 0) is 0 Å². The van der Waals surface area contributed by atoms with Crippen molar-refractivity contribution in [1.82, 2.24) is 20.5 Å². The van der Waals surface area contributed by atoms with E-state index < -0.39 is 0 Å². The Bertz CT molecular complexity index is 538. The number of nitrogens with one attached hydrogen (secondary N) is 3. The zero-order valence-electron chi connectivity index (χ0n) is 11.0. The number of H-pyrrole nitrogens is 1. The zero-order valence-corrected chi connectivity index (χ0v) is 11.0. The fraction of sp³-hybridized carbons (Fsp3) is 0.308. The van der Waals surface area contributed by atoms with Gasteiger partial charge in [0.05, 0.1) is 12.2 Å². The average Bonchev–Trinajstić information content (AvgIpc) is 2.93. The highest BCUT2D eigenvalue weighted by molar-refractivity contribution is 5.93. The first-order valence-electron chi connectivity index (χ1n) is 6.20. The van der Waals surface area contributed by atoms with Gasteiger partial charge in [-0.2, -0.15) is 5.10 Å². The molecule has 6 nitrogen and oxygen atoms in total. The molecule has 0 fully saturated rings. The Kier molecular flexibility index (Phi) is 4.12. The van der Waals surface area contributed by atoms with E-state index in [0.29, 0.717) is 12.2 Å². The van der Waals surface area contributed by atoms with E-state index in [1.165, 1.54) is 0 Å². The quantitative estimate of drug-likeness (QED) is 0.763. The molecule has 1 amide bonds. The largest absolute Gasteiger partial charge is 0.378 e. The van der Waals surface area contributed by atoms with Crippen LogP contribution in [0.25, 0.3) is 0 Å². The molecule has 0 saturated heterocycles. The van der Waals surface area contributed by atoms with E-state index in [1.54, 1.807) is 18.5 Å². The van der Waals surface area contributed by atoms with Crippen LogP contribution in [0.5, 0.6) is 0 Å². The van der Waals surface area contributed by atoms with E-state index in [4.69, 9.17) is 0 Å². The maximum Gasteiger partial charge on any atom is 0.269 e. The van der Waals surface area contributed by atoms with Gasteiger partial charge in [-0.1, -0.05) is 0 Å². The fourth-order valence-corrected chi connectivity index (χ4v) is 1.73. The Labute approximate surface area is 111 Å². The van der Waals surface area contributed by atoms with Crippen molar-refractivity contribution in [3.8, 4) is 0 Å². The number of hydrogen-bond donors (Lipinski definition) is 3. The summed E-state index contributed by atoms with van der Waals surface area (Å²) in [5.41, 5.74) is 2.31. The van der Waals surface area contributed by atoms with Crippen molar-refractivity contribution in [3.63, 3.8) is 0 Å². The maximum atomic E-state index is 11.7. The van der Waals surface area contributed by atoms with E-state index in [0.717, 1.165) is 11.3 Å². The molecule has 0 aliphatic carbocycles. The number of nitrogens with zero attached hydrogens (tertiary/aromatic N) is 2. The van der Waals surface area contributed by atoms with Crippen LogP contribution in [0, 0.1) is 0 Å². The summed E-state index contributed by atoms with van der Waals surface area (Å²) in [6.45, 7) is 4.49. The number of rotatable bonds is 5. The molecule has 0 aliphatic heterocycles. The SMILES string of the molecule is CCNC(=O)c1cc(NC(C)c2cn[nH]c2)ccn1. The summed E-state index contributed by atoms with van der Waals surface area (Å²) < 4.78 is 0. The van der Waals surface area contributed by atoms with Crippen LogP contribution in [0.2, 0.25) is 0 Å². The minimum absolute atomic E-state index is 0.100. The summed E-state index contributed by atoms with van der Waals surface area (Å²) >= 11 is 0. The molecule has 19 heavy (non-hydrogen) atoms. The number of hydrogen-bond acceptors (Lipinski definition) is 4. The molecular formula is C13H17N5O. The molecule has 1 unspecified atom stereocenters. The van der Waals surface area contributed by atoms with Gasteiger partial charge in [-0.25, -0.2) is 0 Å². The van der Waals surface area contributed by atoms with Crippen molar-refractivity contribution in [1.29, 1.82) is 0 Å². The van der Waals surface area contributed by atoms with E-state index >= 15 is 0 Å². The van der Waals surface area contributed by atoms with Crippen molar-refractivity contribution < 1.29 is 4.79 Å². The molecule has 1 atom stereocenters. The molecule has 100 valence electrons. The number of aromatic amines is 1. The number of pyridine rings is 1. The lowest BCUT2D eigenvalue weighted by molar-refractivity contribution is 0.0951. The molecule has 0 saturated carbocycles. The Balaban J connectivity index is 2.09. The van der Waals surface area contributed by atoms with Gasteiger partial charge in [0.2, 0.25) is 0 Å². The van der Waals surface area contributed by atoms with Crippen LogP contribution >= 0.6 is 0 Å². The number of aromatic nitrogens is 3. The lowest BCUT2D eigenvalue weighted by Gasteiger charge is -2.14. The Morgan fingerprint density at radius 3 is 3.05 bits per heavy atom. The van der Waals surface area contributed by atoms with E-state index in [9.17, 15) is 4.79 Å². The third-order valence-corrected chi connectivity index (χ3v) is 2.73. The first kappa shape index (κ1) is 13.1. The lowest BCUT2D eigenvalue weighted by Crippen LogP contribution is -2.23. The summed E-state index contributed by atoms with van der Waals surface area (Å²) in [6.07, 6.45) is 5.22. The van der Waals surface area contributed by atoms with Gasteiger partial charge in [0.1, 0.15) is 5.69 Å². The lowest BCUT2D eigenvalue weighted by atomic mass is 10.2. The normalized spacial score (nSPS) is 11.9. The monoisotopic (exact) mass is 259 g/mol. The molecule has 0 spiro atoms. The Morgan fingerprint density at radius 2 is 2.37 bits per heavy atom. The van der Waals surface area contributed by atoms with Crippen LogP contribution < -0.4 is 10.6 Å². The van der Waals surface area contributed by atoms with Crippen molar-refractivity contribution >= 4 is 11.6 Å². The van der Waals surface area contributed by atoms with Crippen molar-refractivity contribution in [3.05, 3.63) is 42.0 Å². The second kappa shape index (κ2) is 5.99.